The maximum absolute atomic E-state index is 11.1. The summed E-state index contributed by atoms with van der Waals surface area (Å²) >= 11 is 0. The number of nitrogens with one attached hydrogen (secondary N) is 1. The number of carbonyl (C=O) groups is 1. The third kappa shape index (κ3) is 3.56. The van der Waals surface area contributed by atoms with Crippen LogP contribution in [0.3, 0.4) is 0 Å². The van der Waals surface area contributed by atoms with Crippen LogP contribution in [0.15, 0.2) is 24.3 Å². The van der Waals surface area contributed by atoms with Crippen LogP contribution in [-0.2, 0) is 4.74 Å². The van der Waals surface area contributed by atoms with Gasteiger partial charge in [0.05, 0.1) is 11.5 Å². The molecule has 0 saturated heterocycles. The SMILES string of the molecule is CCCOC(=O)Nc1ccc([N+](=O)[O-])cc1. The molecule has 0 aliphatic rings. The van der Waals surface area contributed by atoms with Crippen molar-refractivity contribution >= 4 is 17.5 Å². The number of non-ortho nitro benzene ring substituents is 1. The van der Waals surface area contributed by atoms with Crippen LogP contribution in [0.1, 0.15) is 13.3 Å². The molecular weight excluding hydrogens is 212 g/mol. The average Bonchev–Trinajstić information content (AvgIpc) is 2.27. The maximum Gasteiger partial charge on any atom is 0.411 e. The van der Waals surface area contributed by atoms with Crippen molar-refractivity contribution in [1.82, 2.24) is 0 Å². The molecule has 6 nitrogen and oxygen atoms in total. The van der Waals surface area contributed by atoms with E-state index in [1.165, 1.54) is 24.3 Å². The van der Waals surface area contributed by atoms with Crippen molar-refractivity contribution in [2.24, 2.45) is 0 Å². The van der Waals surface area contributed by atoms with E-state index in [1.807, 2.05) is 6.92 Å². The number of benzene rings is 1. The van der Waals surface area contributed by atoms with Crippen LogP contribution in [-0.4, -0.2) is 17.6 Å². The summed E-state index contributed by atoms with van der Waals surface area (Å²) in [5.41, 5.74) is 0.444. The third-order valence-electron chi connectivity index (χ3n) is 1.76. The summed E-state index contributed by atoms with van der Waals surface area (Å²) in [6.07, 6.45) is 0.184. The second kappa shape index (κ2) is 5.69. The van der Waals surface area contributed by atoms with Crippen molar-refractivity contribution in [3.8, 4) is 0 Å². The van der Waals surface area contributed by atoms with Crippen molar-refractivity contribution in [2.45, 2.75) is 13.3 Å². The minimum Gasteiger partial charge on any atom is -0.449 e. The summed E-state index contributed by atoms with van der Waals surface area (Å²) in [5, 5.41) is 12.8. The fourth-order valence-corrected chi connectivity index (χ4v) is 1.02. The molecule has 1 aromatic rings. The highest BCUT2D eigenvalue weighted by Gasteiger charge is 2.06. The molecule has 0 heterocycles. The van der Waals surface area contributed by atoms with E-state index in [0.29, 0.717) is 12.3 Å². The van der Waals surface area contributed by atoms with Crippen molar-refractivity contribution < 1.29 is 14.5 Å². The van der Waals surface area contributed by atoms with Crippen molar-refractivity contribution in [3.63, 3.8) is 0 Å². The second-order valence-electron chi connectivity index (χ2n) is 3.06. The topological polar surface area (TPSA) is 81.5 Å². The quantitative estimate of drug-likeness (QED) is 0.629. The van der Waals surface area contributed by atoms with Crippen LogP contribution < -0.4 is 5.32 Å². The number of nitro benzene ring substituents is 1. The average molecular weight is 224 g/mol. The minimum atomic E-state index is -0.560. The van der Waals surface area contributed by atoms with E-state index < -0.39 is 11.0 Å². The highest BCUT2D eigenvalue weighted by atomic mass is 16.6. The summed E-state index contributed by atoms with van der Waals surface area (Å²) in [4.78, 5) is 21.0. The number of nitrogens with zero attached hydrogens (tertiary/aromatic N) is 1. The highest BCUT2D eigenvalue weighted by Crippen LogP contribution is 2.15. The lowest BCUT2D eigenvalue weighted by Gasteiger charge is -2.05. The standard InChI is InChI=1S/C10H12N2O4/c1-2-7-16-10(13)11-8-3-5-9(6-4-8)12(14)15/h3-6H,2,7H2,1H3,(H,11,13). The lowest BCUT2D eigenvalue weighted by molar-refractivity contribution is -0.384. The van der Waals surface area contributed by atoms with Crippen molar-refractivity contribution in [3.05, 3.63) is 34.4 Å². The van der Waals surface area contributed by atoms with Gasteiger partial charge in [-0.3, -0.25) is 15.4 Å². The Morgan fingerprint density at radius 1 is 1.44 bits per heavy atom. The lowest BCUT2D eigenvalue weighted by Crippen LogP contribution is -2.13. The number of ether oxygens (including phenoxy) is 1. The first-order valence-corrected chi connectivity index (χ1v) is 4.81. The first-order valence-electron chi connectivity index (χ1n) is 4.81. The Bertz CT molecular complexity index is 375. The van der Waals surface area contributed by atoms with Gasteiger partial charge in [0.15, 0.2) is 0 Å². The Kier molecular flexibility index (Phi) is 4.26. The molecule has 1 aromatic carbocycles. The maximum atomic E-state index is 11.1. The Morgan fingerprint density at radius 2 is 2.06 bits per heavy atom. The van der Waals surface area contributed by atoms with Gasteiger partial charge in [-0.25, -0.2) is 4.79 Å². The molecule has 86 valence electrons. The van der Waals surface area contributed by atoms with Gasteiger partial charge < -0.3 is 4.74 Å². The molecule has 1 amide bonds. The van der Waals surface area contributed by atoms with Gasteiger partial charge in [0.25, 0.3) is 5.69 Å². The zero-order chi connectivity index (χ0) is 12.0. The zero-order valence-corrected chi connectivity index (χ0v) is 8.80. The fraction of sp³-hybridized carbons (Fsp3) is 0.300. The number of amides is 1. The summed E-state index contributed by atoms with van der Waals surface area (Å²) in [6.45, 7) is 2.23. The molecule has 0 bridgehead atoms. The summed E-state index contributed by atoms with van der Waals surface area (Å²) in [5.74, 6) is 0. The van der Waals surface area contributed by atoms with Crippen molar-refractivity contribution in [2.75, 3.05) is 11.9 Å². The number of nitro groups is 1. The Hall–Kier alpha value is -2.11. The number of rotatable bonds is 4. The first kappa shape index (κ1) is 12.0. The van der Waals surface area contributed by atoms with Crippen LogP contribution in [0, 0.1) is 10.1 Å². The Labute approximate surface area is 92.4 Å². The van der Waals surface area contributed by atoms with Gasteiger partial charge in [-0.15, -0.1) is 0 Å². The number of hydrogen-bond acceptors (Lipinski definition) is 4. The summed E-state index contributed by atoms with van der Waals surface area (Å²) in [6, 6.07) is 5.53. The van der Waals surface area contributed by atoms with E-state index in [2.05, 4.69) is 5.32 Å². The largest absolute Gasteiger partial charge is 0.449 e. The monoisotopic (exact) mass is 224 g/mol. The van der Waals surface area contributed by atoms with Crippen LogP contribution in [0.25, 0.3) is 0 Å². The molecular formula is C10H12N2O4. The molecule has 0 atom stereocenters. The highest BCUT2D eigenvalue weighted by molar-refractivity contribution is 5.84. The molecule has 0 aromatic heterocycles. The smallest absolute Gasteiger partial charge is 0.411 e. The van der Waals surface area contributed by atoms with E-state index in [0.717, 1.165) is 6.42 Å². The number of carbonyl (C=O) groups excluding carboxylic acids is 1. The van der Waals surface area contributed by atoms with E-state index in [4.69, 9.17) is 4.74 Å². The predicted octanol–water partition coefficient (Wildman–Crippen LogP) is 2.55. The molecule has 0 aliphatic heterocycles. The van der Waals surface area contributed by atoms with Crippen LogP contribution >= 0.6 is 0 Å². The summed E-state index contributed by atoms with van der Waals surface area (Å²) in [7, 11) is 0. The lowest BCUT2D eigenvalue weighted by atomic mass is 10.3. The molecule has 0 saturated carbocycles. The Balaban J connectivity index is 2.55. The fourth-order valence-electron chi connectivity index (χ4n) is 1.02. The second-order valence-corrected chi connectivity index (χ2v) is 3.06. The minimum absolute atomic E-state index is 0.0209. The molecule has 0 aliphatic carbocycles. The van der Waals surface area contributed by atoms with Gasteiger partial charge in [0.2, 0.25) is 0 Å². The van der Waals surface area contributed by atoms with Gasteiger partial charge >= 0.3 is 6.09 Å². The van der Waals surface area contributed by atoms with Gasteiger partial charge in [-0.2, -0.15) is 0 Å². The molecule has 0 spiro atoms. The van der Waals surface area contributed by atoms with Crippen molar-refractivity contribution in [1.29, 1.82) is 0 Å². The molecule has 6 heteroatoms. The van der Waals surface area contributed by atoms with Gasteiger partial charge in [-0.1, -0.05) is 6.92 Å². The number of anilines is 1. The predicted molar refractivity (Wildman–Crippen MR) is 58.4 cm³/mol. The van der Waals surface area contributed by atoms with Gasteiger partial charge in [0.1, 0.15) is 0 Å². The van der Waals surface area contributed by atoms with Gasteiger partial charge in [0, 0.05) is 17.8 Å². The molecule has 1 rings (SSSR count). The Morgan fingerprint density at radius 3 is 2.56 bits per heavy atom. The molecule has 16 heavy (non-hydrogen) atoms. The number of hydrogen-bond donors (Lipinski definition) is 1. The first-order chi connectivity index (χ1) is 7.63. The molecule has 0 unspecified atom stereocenters. The molecule has 0 radical (unpaired) electrons. The summed E-state index contributed by atoms with van der Waals surface area (Å²) < 4.78 is 4.79. The molecule has 0 fully saturated rings. The molecule has 1 N–H and O–H groups in total. The normalized spacial score (nSPS) is 9.56. The zero-order valence-electron chi connectivity index (χ0n) is 8.80. The third-order valence-corrected chi connectivity index (χ3v) is 1.76. The van der Waals surface area contributed by atoms with Crippen LogP contribution in [0.5, 0.6) is 0 Å². The van der Waals surface area contributed by atoms with Gasteiger partial charge in [-0.05, 0) is 18.6 Å². The van der Waals surface area contributed by atoms with Crippen LogP contribution in [0.2, 0.25) is 0 Å². The van der Waals surface area contributed by atoms with E-state index in [-0.39, 0.29) is 5.69 Å². The van der Waals surface area contributed by atoms with E-state index in [9.17, 15) is 14.9 Å². The van der Waals surface area contributed by atoms with E-state index in [1.54, 1.807) is 0 Å². The van der Waals surface area contributed by atoms with E-state index >= 15 is 0 Å². The van der Waals surface area contributed by atoms with Crippen LogP contribution in [0.4, 0.5) is 16.2 Å².